The van der Waals surface area contributed by atoms with Gasteiger partial charge in [-0.15, -0.1) is 0 Å². The molecule has 0 radical (unpaired) electrons. The highest BCUT2D eigenvalue weighted by molar-refractivity contribution is 5.97. The maximum absolute atomic E-state index is 12.5. The van der Waals surface area contributed by atoms with Gasteiger partial charge in [-0.2, -0.15) is 0 Å². The van der Waals surface area contributed by atoms with Crippen LogP contribution < -0.4 is 14.8 Å². The van der Waals surface area contributed by atoms with Gasteiger partial charge in [0.05, 0.1) is 13.2 Å². The van der Waals surface area contributed by atoms with Crippen LogP contribution in [0.2, 0.25) is 0 Å². The van der Waals surface area contributed by atoms with Gasteiger partial charge in [0.25, 0.3) is 0 Å². The molecule has 1 heterocycles. The molecule has 4 rings (SSSR count). The van der Waals surface area contributed by atoms with E-state index in [1.807, 2.05) is 24.3 Å². The van der Waals surface area contributed by atoms with Crippen molar-refractivity contribution < 1.29 is 28.5 Å². The van der Waals surface area contributed by atoms with Crippen LogP contribution in [0.15, 0.2) is 48.6 Å². The van der Waals surface area contributed by atoms with Crippen LogP contribution >= 0.6 is 0 Å². The fraction of sp³-hybridized carbons (Fsp3) is 0.333. The minimum Gasteiger partial charge on any atom is -0.490 e. The van der Waals surface area contributed by atoms with Crippen LogP contribution in [0.25, 0.3) is 10.8 Å². The average Bonchev–Trinajstić information content (AvgIpc) is 3.60. The summed E-state index contributed by atoms with van der Waals surface area (Å²) in [4.78, 5) is 23.9. The van der Waals surface area contributed by atoms with Crippen molar-refractivity contribution in [1.29, 1.82) is 0 Å². The number of benzene rings is 2. The van der Waals surface area contributed by atoms with E-state index in [2.05, 4.69) is 24.0 Å². The van der Waals surface area contributed by atoms with Crippen LogP contribution in [0.1, 0.15) is 18.1 Å². The molecule has 1 aliphatic heterocycles. The van der Waals surface area contributed by atoms with Gasteiger partial charge < -0.3 is 24.3 Å². The van der Waals surface area contributed by atoms with Crippen LogP contribution in [-0.2, 0) is 27.1 Å². The van der Waals surface area contributed by atoms with Crippen LogP contribution in [0.3, 0.4) is 0 Å². The fourth-order valence-corrected chi connectivity index (χ4v) is 3.48. The van der Waals surface area contributed by atoms with Crippen LogP contribution in [0, 0.1) is 0 Å². The van der Waals surface area contributed by atoms with Crippen molar-refractivity contribution in [1.82, 2.24) is 5.32 Å². The second-order valence-electron chi connectivity index (χ2n) is 7.54. The lowest BCUT2D eigenvalue weighted by Gasteiger charge is -2.23. The maximum Gasteiger partial charge on any atom is 0.412 e. The van der Waals surface area contributed by atoms with E-state index in [-0.39, 0.29) is 19.3 Å². The molecule has 1 saturated heterocycles. The normalized spacial score (nSPS) is 16.4. The van der Waals surface area contributed by atoms with Crippen molar-refractivity contribution in [3.05, 3.63) is 59.7 Å². The Morgan fingerprint density at radius 3 is 2.42 bits per heavy atom. The third-order valence-electron chi connectivity index (χ3n) is 5.10. The van der Waals surface area contributed by atoms with Crippen LogP contribution in [0.4, 0.5) is 4.79 Å². The molecule has 2 aromatic rings. The fourth-order valence-electron chi connectivity index (χ4n) is 3.48. The molecule has 7 nitrogen and oxygen atoms in total. The third-order valence-corrected chi connectivity index (χ3v) is 5.10. The second kappa shape index (κ2) is 9.22. The Labute approximate surface area is 180 Å². The highest BCUT2D eigenvalue weighted by Gasteiger charge is 2.27. The molecule has 0 bridgehead atoms. The van der Waals surface area contributed by atoms with Crippen molar-refractivity contribution >= 4 is 22.8 Å². The summed E-state index contributed by atoms with van der Waals surface area (Å²) in [5.41, 5.74) is 2.28. The molecule has 7 heteroatoms. The number of fused-ring (bicyclic) bond motifs is 2. The molecule has 2 aromatic carbocycles. The van der Waals surface area contributed by atoms with Gasteiger partial charge in [-0.25, -0.2) is 9.59 Å². The van der Waals surface area contributed by atoms with Crippen molar-refractivity contribution in [2.45, 2.75) is 25.9 Å². The summed E-state index contributed by atoms with van der Waals surface area (Å²) in [5, 5.41) is 4.34. The van der Waals surface area contributed by atoms with E-state index in [0.717, 1.165) is 34.3 Å². The van der Waals surface area contributed by atoms with Crippen LogP contribution in [0.5, 0.6) is 11.5 Å². The van der Waals surface area contributed by atoms with Crippen molar-refractivity contribution in [3.8, 4) is 11.5 Å². The lowest BCUT2D eigenvalue weighted by Crippen LogP contribution is -2.31. The molecule has 1 unspecified atom stereocenters. The summed E-state index contributed by atoms with van der Waals surface area (Å²) in [6.45, 7) is 6.49. The van der Waals surface area contributed by atoms with Gasteiger partial charge in [-0.05, 0) is 19.8 Å². The molecule has 0 saturated carbocycles. The Morgan fingerprint density at radius 2 is 1.77 bits per heavy atom. The number of rotatable bonds is 8. The molecule has 1 atom stereocenters. The molecule has 162 valence electrons. The first-order valence-electron chi connectivity index (χ1n) is 10.3. The van der Waals surface area contributed by atoms with E-state index >= 15 is 0 Å². The summed E-state index contributed by atoms with van der Waals surface area (Å²) >= 11 is 0. The predicted molar refractivity (Wildman–Crippen MR) is 116 cm³/mol. The summed E-state index contributed by atoms with van der Waals surface area (Å²) in [6, 6.07) is 7.74. The van der Waals surface area contributed by atoms with Crippen molar-refractivity contribution in [2.24, 2.45) is 0 Å². The van der Waals surface area contributed by atoms with Crippen LogP contribution in [-0.4, -0.2) is 44.5 Å². The molecule has 0 spiro atoms. The van der Waals surface area contributed by atoms with Gasteiger partial charge in [0.1, 0.15) is 30.8 Å². The Hall–Kier alpha value is -3.32. The minimum absolute atomic E-state index is 0.0401. The number of esters is 1. The standard InChI is InChI=1S/C24H25NO6/c1-15(2)23(26)28-12-11-25-24(27)31-22-19-9-5-3-7-17(19)21(30-14-16-13-29-16)18-8-4-6-10-20(18)22/h3-7,9,16H,1,8,10-14H2,2H3,(H,25,27). The first kappa shape index (κ1) is 20.9. The van der Waals surface area contributed by atoms with E-state index < -0.39 is 12.1 Å². The molecule has 1 fully saturated rings. The third kappa shape index (κ3) is 4.88. The first-order chi connectivity index (χ1) is 15.0. The lowest BCUT2D eigenvalue weighted by molar-refractivity contribution is -0.138. The summed E-state index contributed by atoms with van der Waals surface area (Å²) in [7, 11) is 0. The number of carbonyl (C=O) groups excluding carboxylic acids is 2. The molecular weight excluding hydrogens is 398 g/mol. The Balaban J connectivity index is 1.54. The second-order valence-corrected chi connectivity index (χ2v) is 7.54. The van der Waals surface area contributed by atoms with E-state index in [1.165, 1.54) is 0 Å². The Morgan fingerprint density at radius 1 is 1.13 bits per heavy atom. The smallest absolute Gasteiger partial charge is 0.412 e. The SMILES string of the molecule is C=C(C)C(=O)OCCNC(=O)Oc1c2c(c(OCC3CO3)c3ccccc13)CC=CC2. The van der Waals surface area contributed by atoms with E-state index in [0.29, 0.717) is 30.8 Å². The van der Waals surface area contributed by atoms with Gasteiger partial charge >= 0.3 is 12.1 Å². The van der Waals surface area contributed by atoms with Crippen molar-refractivity contribution in [3.63, 3.8) is 0 Å². The van der Waals surface area contributed by atoms with E-state index in [4.69, 9.17) is 18.9 Å². The monoisotopic (exact) mass is 423 g/mol. The number of amides is 1. The van der Waals surface area contributed by atoms with Crippen molar-refractivity contribution in [2.75, 3.05) is 26.4 Å². The lowest BCUT2D eigenvalue weighted by atomic mass is 9.90. The quantitative estimate of drug-likeness (QED) is 0.230. The number of hydrogen-bond donors (Lipinski definition) is 1. The number of carbonyl (C=O) groups is 2. The molecular formula is C24H25NO6. The largest absolute Gasteiger partial charge is 0.490 e. The maximum atomic E-state index is 12.5. The number of ether oxygens (including phenoxy) is 4. The first-order valence-corrected chi connectivity index (χ1v) is 10.3. The molecule has 2 aliphatic rings. The summed E-state index contributed by atoms with van der Waals surface area (Å²) in [6.07, 6.45) is 5.05. The predicted octanol–water partition coefficient (Wildman–Crippen LogP) is 3.48. The summed E-state index contributed by atoms with van der Waals surface area (Å²) in [5.74, 6) is 0.862. The zero-order chi connectivity index (χ0) is 21.8. The molecule has 1 aliphatic carbocycles. The van der Waals surface area contributed by atoms with E-state index in [1.54, 1.807) is 6.92 Å². The highest BCUT2D eigenvalue weighted by atomic mass is 16.6. The highest BCUT2D eigenvalue weighted by Crippen LogP contribution is 2.43. The molecule has 31 heavy (non-hydrogen) atoms. The van der Waals surface area contributed by atoms with Gasteiger partial charge in [0.15, 0.2) is 0 Å². The zero-order valence-corrected chi connectivity index (χ0v) is 17.4. The van der Waals surface area contributed by atoms with Gasteiger partial charge in [0, 0.05) is 27.5 Å². The van der Waals surface area contributed by atoms with E-state index in [9.17, 15) is 9.59 Å². The minimum atomic E-state index is -0.603. The average molecular weight is 423 g/mol. The topological polar surface area (TPSA) is 86.4 Å². The Bertz CT molecular complexity index is 1050. The van der Waals surface area contributed by atoms with Gasteiger partial charge in [-0.3, -0.25) is 0 Å². The van der Waals surface area contributed by atoms with Gasteiger partial charge in [0.2, 0.25) is 0 Å². The summed E-state index contributed by atoms with van der Waals surface area (Å²) < 4.78 is 22.2. The molecule has 1 amide bonds. The number of allylic oxidation sites excluding steroid dienone is 2. The number of hydrogen-bond acceptors (Lipinski definition) is 6. The molecule has 1 N–H and O–H groups in total. The zero-order valence-electron chi connectivity index (χ0n) is 17.4. The Kier molecular flexibility index (Phi) is 6.23. The number of epoxide rings is 1. The molecule has 0 aromatic heterocycles. The van der Waals surface area contributed by atoms with Gasteiger partial charge in [-0.1, -0.05) is 43.0 Å². The number of nitrogens with one attached hydrogen (secondary N) is 1.